The lowest BCUT2D eigenvalue weighted by Crippen LogP contribution is -2.73. The molecule has 4 unspecified atom stereocenters. The Morgan fingerprint density at radius 1 is 1.18 bits per heavy atom. The standard InChI is InChI=1S/C23H28O11/c1-21(34-18-17(27)16(26)14(9-24)32-20(18)29)23(30)8-12-13(25)7-15(33-21)22(12,23)10-31-19(28)11-5-3-2-4-6-11/h2-6,12,14-18,20,24,26-27,29-30H,7-10H2,1H3/t12?,14-,15?,16-,17+,18-,20?,21?,22+,23+/m1/s1. The highest BCUT2D eigenvalue weighted by Crippen LogP contribution is 2.72. The summed E-state index contributed by atoms with van der Waals surface area (Å²) in [5, 5.41) is 52.1. The average Bonchev–Trinajstić information content (AvgIpc) is 3.10. The van der Waals surface area contributed by atoms with E-state index in [0.717, 1.165) is 0 Å². The van der Waals surface area contributed by atoms with Crippen LogP contribution in [0.4, 0.5) is 0 Å². The topological polar surface area (TPSA) is 172 Å². The maximum atomic E-state index is 12.6. The first-order chi connectivity index (χ1) is 16.1. The summed E-state index contributed by atoms with van der Waals surface area (Å²) in [6, 6.07) is 8.29. The molecule has 0 radical (unpaired) electrons. The van der Waals surface area contributed by atoms with Crippen molar-refractivity contribution in [2.45, 2.75) is 68.0 Å². The van der Waals surface area contributed by atoms with Crippen molar-refractivity contribution in [1.82, 2.24) is 0 Å². The van der Waals surface area contributed by atoms with Crippen LogP contribution in [-0.4, -0.2) is 98.7 Å². The Morgan fingerprint density at radius 3 is 2.56 bits per heavy atom. The van der Waals surface area contributed by atoms with Crippen LogP contribution in [-0.2, 0) is 23.7 Å². The zero-order valence-electron chi connectivity index (χ0n) is 18.4. The van der Waals surface area contributed by atoms with Gasteiger partial charge in [0.2, 0.25) is 0 Å². The largest absolute Gasteiger partial charge is 0.461 e. The van der Waals surface area contributed by atoms with Crippen LogP contribution in [0, 0.1) is 11.3 Å². The van der Waals surface area contributed by atoms with Gasteiger partial charge in [0.15, 0.2) is 12.1 Å². The van der Waals surface area contributed by atoms with Crippen LogP contribution in [0.15, 0.2) is 30.3 Å². The second kappa shape index (κ2) is 8.04. The number of benzene rings is 1. The van der Waals surface area contributed by atoms with Crippen LogP contribution in [0.25, 0.3) is 0 Å². The molecule has 2 heterocycles. The van der Waals surface area contributed by atoms with Gasteiger partial charge >= 0.3 is 5.97 Å². The van der Waals surface area contributed by atoms with Crippen LogP contribution in [0.5, 0.6) is 0 Å². The molecule has 10 atom stereocenters. The van der Waals surface area contributed by atoms with Crippen molar-refractivity contribution in [3.63, 3.8) is 0 Å². The predicted molar refractivity (Wildman–Crippen MR) is 110 cm³/mol. The molecule has 1 aromatic rings. The maximum absolute atomic E-state index is 12.6. The van der Waals surface area contributed by atoms with Crippen molar-refractivity contribution >= 4 is 11.8 Å². The lowest BCUT2D eigenvalue weighted by atomic mass is 9.49. The molecule has 2 saturated heterocycles. The highest BCUT2D eigenvalue weighted by molar-refractivity contribution is 5.90. The van der Waals surface area contributed by atoms with Gasteiger partial charge in [-0.05, 0) is 25.5 Å². The average molecular weight is 480 g/mol. The van der Waals surface area contributed by atoms with E-state index in [-0.39, 0.29) is 25.2 Å². The normalized spacial score (nSPS) is 47.2. The zero-order chi connectivity index (χ0) is 24.5. The molecular formula is C23H28O11. The monoisotopic (exact) mass is 480 g/mol. The van der Waals surface area contributed by atoms with Gasteiger partial charge in [-0.3, -0.25) is 4.79 Å². The molecule has 2 aliphatic carbocycles. The van der Waals surface area contributed by atoms with E-state index in [1.165, 1.54) is 6.92 Å². The van der Waals surface area contributed by atoms with Crippen molar-refractivity contribution in [1.29, 1.82) is 0 Å². The smallest absolute Gasteiger partial charge is 0.338 e. The van der Waals surface area contributed by atoms with Crippen LogP contribution < -0.4 is 0 Å². The van der Waals surface area contributed by atoms with Crippen molar-refractivity contribution in [2.24, 2.45) is 11.3 Å². The lowest BCUT2D eigenvalue weighted by Gasteiger charge is -2.58. The fourth-order valence-electron chi connectivity index (χ4n) is 6.09. The van der Waals surface area contributed by atoms with Crippen LogP contribution in [0.2, 0.25) is 0 Å². The molecule has 2 saturated carbocycles. The summed E-state index contributed by atoms with van der Waals surface area (Å²) in [4.78, 5) is 25.1. The van der Waals surface area contributed by atoms with Crippen LogP contribution in [0.1, 0.15) is 30.1 Å². The van der Waals surface area contributed by atoms with E-state index >= 15 is 0 Å². The van der Waals surface area contributed by atoms with Gasteiger partial charge in [0.25, 0.3) is 0 Å². The number of esters is 1. The minimum absolute atomic E-state index is 0.0176. The molecule has 5 rings (SSSR count). The maximum Gasteiger partial charge on any atom is 0.338 e. The summed E-state index contributed by atoms with van der Waals surface area (Å²) in [6.45, 7) is 0.483. The zero-order valence-corrected chi connectivity index (χ0v) is 18.4. The molecule has 11 heteroatoms. The quantitative estimate of drug-likeness (QED) is 0.300. The molecule has 11 nitrogen and oxygen atoms in total. The molecule has 186 valence electrons. The van der Waals surface area contributed by atoms with Gasteiger partial charge in [-0.25, -0.2) is 4.79 Å². The second-order valence-corrected chi connectivity index (χ2v) is 9.63. The minimum Gasteiger partial charge on any atom is -0.461 e. The fourth-order valence-corrected chi connectivity index (χ4v) is 6.09. The molecule has 0 aromatic heterocycles. The molecule has 4 aliphatic rings. The SMILES string of the molecule is CC1(O[C@H]2C(O)O[C@H](CO)[C@@H](O)[C@@H]2O)OC2CC(=O)C3C[C@@]1(O)[C@]23COC(=O)c1ccccc1. The molecule has 34 heavy (non-hydrogen) atoms. The minimum atomic E-state index is -1.82. The number of aliphatic hydroxyl groups is 5. The number of aliphatic hydroxyl groups excluding tert-OH is 4. The Morgan fingerprint density at radius 2 is 1.88 bits per heavy atom. The Balaban J connectivity index is 1.39. The number of carbonyl (C=O) groups excluding carboxylic acids is 2. The number of hydrogen-bond acceptors (Lipinski definition) is 11. The Kier molecular flexibility index (Phi) is 5.62. The molecule has 0 bridgehead atoms. The van der Waals surface area contributed by atoms with Gasteiger partial charge in [-0.15, -0.1) is 0 Å². The van der Waals surface area contributed by atoms with E-state index in [0.29, 0.717) is 5.56 Å². The Labute approximate surface area is 194 Å². The first-order valence-corrected chi connectivity index (χ1v) is 11.2. The summed E-state index contributed by atoms with van der Waals surface area (Å²) >= 11 is 0. The molecular weight excluding hydrogens is 452 g/mol. The van der Waals surface area contributed by atoms with Crippen molar-refractivity contribution < 1.29 is 54.1 Å². The molecule has 2 aliphatic heterocycles. The van der Waals surface area contributed by atoms with Gasteiger partial charge in [0.1, 0.15) is 42.4 Å². The van der Waals surface area contributed by atoms with E-state index in [2.05, 4.69) is 0 Å². The van der Waals surface area contributed by atoms with Gasteiger partial charge in [-0.1, -0.05) is 18.2 Å². The molecule has 4 fully saturated rings. The van der Waals surface area contributed by atoms with E-state index in [9.17, 15) is 35.1 Å². The highest BCUT2D eigenvalue weighted by atomic mass is 16.8. The summed E-state index contributed by atoms with van der Waals surface area (Å²) in [7, 11) is 0. The fraction of sp³-hybridized carbons (Fsp3) is 0.652. The first-order valence-electron chi connectivity index (χ1n) is 11.2. The first kappa shape index (κ1) is 23.8. The number of hydrogen-bond donors (Lipinski definition) is 5. The van der Waals surface area contributed by atoms with Crippen molar-refractivity contribution in [3.8, 4) is 0 Å². The number of Topliss-reactive ketones (excluding diaryl/α,β-unsaturated/α-hetero) is 1. The van der Waals surface area contributed by atoms with Gasteiger partial charge in [0.05, 0.1) is 23.7 Å². The summed E-state index contributed by atoms with van der Waals surface area (Å²) in [5.74, 6) is -3.17. The van der Waals surface area contributed by atoms with Gasteiger partial charge < -0.3 is 44.5 Å². The van der Waals surface area contributed by atoms with Crippen molar-refractivity contribution in [3.05, 3.63) is 35.9 Å². The lowest BCUT2D eigenvalue weighted by molar-refractivity contribution is -0.380. The third-order valence-corrected chi connectivity index (χ3v) is 8.01. The van der Waals surface area contributed by atoms with Crippen LogP contribution in [0.3, 0.4) is 0 Å². The summed E-state index contributed by atoms with van der Waals surface area (Å²) < 4.78 is 22.6. The Bertz CT molecular complexity index is 971. The van der Waals surface area contributed by atoms with Crippen LogP contribution >= 0.6 is 0 Å². The third kappa shape index (κ3) is 3.06. The molecule has 0 amide bonds. The number of rotatable bonds is 6. The van der Waals surface area contributed by atoms with E-state index in [4.69, 9.17) is 18.9 Å². The second-order valence-electron chi connectivity index (χ2n) is 9.63. The van der Waals surface area contributed by atoms with Gasteiger partial charge in [0, 0.05) is 12.3 Å². The molecule has 1 aromatic carbocycles. The predicted octanol–water partition coefficient (Wildman–Crippen LogP) is -1.51. The Hall–Kier alpha value is -1.96. The van der Waals surface area contributed by atoms with E-state index in [1.54, 1.807) is 30.3 Å². The van der Waals surface area contributed by atoms with Gasteiger partial charge in [-0.2, -0.15) is 0 Å². The molecule has 0 spiro atoms. The van der Waals surface area contributed by atoms with Crippen molar-refractivity contribution in [2.75, 3.05) is 13.2 Å². The summed E-state index contributed by atoms with van der Waals surface area (Å²) in [5.41, 5.74) is -2.74. The highest BCUT2D eigenvalue weighted by Gasteiger charge is 2.86. The van der Waals surface area contributed by atoms with E-state index < -0.39 is 72.1 Å². The summed E-state index contributed by atoms with van der Waals surface area (Å²) in [6.07, 6.45) is -8.57. The van der Waals surface area contributed by atoms with E-state index in [1.807, 2.05) is 0 Å². The number of ketones is 1. The molecule has 5 N–H and O–H groups in total. The number of carbonyl (C=O) groups is 2. The number of ether oxygens (including phenoxy) is 4. The third-order valence-electron chi connectivity index (χ3n) is 8.01.